The van der Waals surface area contributed by atoms with Gasteiger partial charge in [-0.05, 0) is 36.2 Å². The van der Waals surface area contributed by atoms with Crippen LogP contribution in [0.25, 0.3) is 0 Å². The van der Waals surface area contributed by atoms with Gasteiger partial charge in [-0.15, -0.1) is 10.2 Å². The summed E-state index contributed by atoms with van der Waals surface area (Å²) in [5.41, 5.74) is 3.06. The van der Waals surface area contributed by atoms with Crippen LogP contribution >= 0.6 is 0 Å². The number of fused-ring (bicyclic) bond motifs is 1. The van der Waals surface area contributed by atoms with Crippen molar-refractivity contribution in [2.75, 3.05) is 17.7 Å². The third kappa shape index (κ3) is 3.13. The van der Waals surface area contributed by atoms with E-state index < -0.39 is 5.97 Å². The predicted octanol–water partition coefficient (Wildman–Crippen LogP) is 1.93. The van der Waals surface area contributed by atoms with Crippen LogP contribution in [0.5, 0.6) is 0 Å². The highest BCUT2D eigenvalue weighted by Crippen LogP contribution is 2.27. The Morgan fingerprint density at radius 1 is 1.30 bits per heavy atom. The minimum absolute atomic E-state index is 0.0158. The Balaban J connectivity index is 1.72. The number of nitrogens with one attached hydrogen (secondary N) is 2. The molecular weight excluding hydrogens is 296 g/mol. The van der Waals surface area contributed by atoms with Gasteiger partial charge in [0.05, 0.1) is 19.6 Å². The summed E-state index contributed by atoms with van der Waals surface area (Å²) in [6, 6.07) is 9.07. The first-order valence-electron chi connectivity index (χ1n) is 7.18. The summed E-state index contributed by atoms with van der Waals surface area (Å²) in [7, 11) is 1.30. The van der Waals surface area contributed by atoms with E-state index >= 15 is 0 Å². The molecule has 0 bridgehead atoms. The number of aromatic nitrogens is 2. The lowest BCUT2D eigenvalue weighted by atomic mass is 10.0. The quantitative estimate of drug-likeness (QED) is 0.838. The maximum atomic E-state index is 11.4. The first-order valence-corrected chi connectivity index (χ1v) is 7.18. The number of methoxy groups -OCH3 is 1. The van der Waals surface area contributed by atoms with Gasteiger partial charge in [0.2, 0.25) is 5.91 Å². The highest BCUT2D eigenvalue weighted by atomic mass is 16.5. The molecule has 0 spiro atoms. The summed E-state index contributed by atoms with van der Waals surface area (Å²) in [5.74, 6) is 0.0507. The van der Waals surface area contributed by atoms with Gasteiger partial charge in [0.25, 0.3) is 0 Å². The predicted molar refractivity (Wildman–Crippen MR) is 84.2 cm³/mol. The second-order valence-corrected chi connectivity index (χ2v) is 5.30. The topological polar surface area (TPSA) is 93.2 Å². The molecule has 1 atom stereocenters. The van der Waals surface area contributed by atoms with E-state index in [9.17, 15) is 9.59 Å². The summed E-state index contributed by atoms with van der Waals surface area (Å²) in [5, 5.41) is 13.8. The van der Waals surface area contributed by atoms with Crippen LogP contribution in [0.15, 0.2) is 30.3 Å². The zero-order valence-corrected chi connectivity index (χ0v) is 12.8. The number of rotatable bonds is 4. The molecule has 2 aromatic rings. The van der Waals surface area contributed by atoms with Crippen LogP contribution in [0.3, 0.4) is 0 Å². The Morgan fingerprint density at radius 2 is 2.13 bits per heavy atom. The second kappa shape index (κ2) is 6.04. The zero-order valence-electron chi connectivity index (χ0n) is 12.8. The Labute approximate surface area is 133 Å². The molecule has 0 aliphatic carbocycles. The number of hydrogen-bond donors (Lipinski definition) is 2. The average Bonchev–Trinajstić information content (AvgIpc) is 2.93. The van der Waals surface area contributed by atoms with Crippen molar-refractivity contribution < 1.29 is 14.3 Å². The second-order valence-electron chi connectivity index (χ2n) is 5.30. The summed E-state index contributed by atoms with van der Waals surface area (Å²) in [6.45, 7) is 1.99. The molecule has 118 valence electrons. The number of anilines is 2. The van der Waals surface area contributed by atoms with Gasteiger partial charge in [-0.3, -0.25) is 4.79 Å². The van der Waals surface area contributed by atoms with Crippen molar-refractivity contribution in [2.24, 2.45) is 0 Å². The van der Waals surface area contributed by atoms with Crippen molar-refractivity contribution in [1.29, 1.82) is 0 Å². The Kier molecular flexibility index (Phi) is 3.92. The first-order chi connectivity index (χ1) is 11.1. The molecule has 1 aromatic carbocycles. The third-order valence-corrected chi connectivity index (χ3v) is 3.68. The maximum Gasteiger partial charge on any atom is 0.358 e. The van der Waals surface area contributed by atoms with Crippen LogP contribution in [0.1, 0.15) is 34.6 Å². The molecule has 0 radical (unpaired) electrons. The van der Waals surface area contributed by atoms with Crippen molar-refractivity contribution in [3.05, 3.63) is 47.2 Å². The Bertz CT molecular complexity index is 758. The van der Waals surface area contributed by atoms with E-state index in [4.69, 9.17) is 0 Å². The molecule has 0 saturated heterocycles. The molecule has 3 rings (SSSR count). The van der Waals surface area contributed by atoms with Crippen LogP contribution in [-0.2, 0) is 16.0 Å². The van der Waals surface area contributed by atoms with Crippen molar-refractivity contribution in [3.63, 3.8) is 0 Å². The Morgan fingerprint density at radius 3 is 2.83 bits per heavy atom. The maximum absolute atomic E-state index is 11.4. The average molecular weight is 312 g/mol. The summed E-state index contributed by atoms with van der Waals surface area (Å²) in [4.78, 5) is 22.7. The molecule has 7 heteroatoms. The number of nitrogens with zero attached hydrogens (tertiary/aromatic N) is 2. The van der Waals surface area contributed by atoms with Gasteiger partial charge in [0, 0.05) is 5.69 Å². The van der Waals surface area contributed by atoms with Crippen LogP contribution in [0.4, 0.5) is 11.5 Å². The molecule has 1 amide bonds. The van der Waals surface area contributed by atoms with Crippen LogP contribution in [0.2, 0.25) is 0 Å². The summed E-state index contributed by atoms with van der Waals surface area (Å²) in [6.07, 6.45) is 0.406. The van der Waals surface area contributed by atoms with Gasteiger partial charge in [-0.25, -0.2) is 4.79 Å². The fourth-order valence-corrected chi connectivity index (χ4v) is 2.45. The molecule has 0 saturated carbocycles. The van der Waals surface area contributed by atoms with Gasteiger partial charge in [0.1, 0.15) is 5.82 Å². The molecule has 2 heterocycles. The fraction of sp³-hybridized carbons (Fsp3) is 0.250. The molecule has 0 fully saturated rings. The van der Waals surface area contributed by atoms with Crippen molar-refractivity contribution >= 4 is 23.4 Å². The lowest BCUT2D eigenvalue weighted by Gasteiger charge is -2.15. The standard InChI is InChI=1S/C16H16N4O3/c1-9(10-3-4-12-11(7-10)8-15(21)18-12)17-14-6-5-13(19-20-14)16(22)23-2/h3-7,9H,8H2,1-2H3,(H,17,20)(H,18,21). The minimum atomic E-state index is -0.520. The lowest BCUT2D eigenvalue weighted by molar-refractivity contribution is -0.115. The van der Waals surface area contributed by atoms with Gasteiger partial charge >= 0.3 is 5.97 Å². The fourth-order valence-electron chi connectivity index (χ4n) is 2.45. The number of benzene rings is 1. The number of carbonyl (C=O) groups is 2. The van der Waals surface area contributed by atoms with Crippen LogP contribution in [0, 0.1) is 0 Å². The van der Waals surface area contributed by atoms with Gasteiger partial charge in [-0.1, -0.05) is 12.1 Å². The zero-order chi connectivity index (χ0) is 16.4. The van der Waals surface area contributed by atoms with E-state index in [0.29, 0.717) is 12.2 Å². The summed E-state index contributed by atoms with van der Waals surface area (Å²) >= 11 is 0. The summed E-state index contributed by atoms with van der Waals surface area (Å²) < 4.78 is 4.58. The molecule has 23 heavy (non-hydrogen) atoms. The number of hydrogen-bond acceptors (Lipinski definition) is 6. The van der Waals surface area contributed by atoms with E-state index in [-0.39, 0.29) is 17.6 Å². The molecule has 7 nitrogen and oxygen atoms in total. The monoisotopic (exact) mass is 312 g/mol. The van der Waals surface area contributed by atoms with Gasteiger partial charge in [-0.2, -0.15) is 0 Å². The highest BCUT2D eigenvalue weighted by Gasteiger charge is 2.19. The van der Waals surface area contributed by atoms with Crippen molar-refractivity contribution in [3.8, 4) is 0 Å². The smallest absolute Gasteiger partial charge is 0.358 e. The normalized spacial score (nSPS) is 13.9. The van der Waals surface area contributed by atoms with Crippen LogP contribution in [-0.4, -0.2) is 29.2 Å². The van der Waals surface area contributed by atoms with Gasteiger partial charge < -0.3 is 15.4 Å². The van der Waals surface area contributed by atoms with Crippen molar-refractivity contribution in [2.45, 2.75) is 19.4 Å². The van der Waals surface area contributed by atoms with E-state index in [1.54, 1.807) is 12.1 Å². The molecule has 1 aliphatic rings. The third-order valence-electron chi connectivity index (χ3n) is 3.68. The SMILES string of the molecule is COC(=O)c1ccc(NC(C)c2ccc3c(c2)CC(=O)N3)nn1. The minimum Gasteiger partial charge on any atom is -0.464 e. The molecule has 2 N–H and O–H groups in total. The number of esters is 1. The van der Waals surface area contributed by atoms with E-state index in [1.165, 1.54) is 7.11 Å². The lowest BCUT2D eigenvalue weighted by Crippen LogP contribution is -2.11. The number of carbonyl (C=O) groups excluding carboxylic acids is 2. The van der Waals surface area contributed by atoms with Crippen molar-refractivity contribution in [1.82, 2.24) is 10.2 Å². The van der Waals surface area contributed by atoms with Crippen LogP contribution < -0.4 is 10.6 Å². The molecule has 1 aliphatic heterocycles. The largest absolute Gasteiger partial charge is 0.464 e. The van der Waals surface area contributed by atoms with E-state index in [2.05, 4.69) is 25.6 Å². The molecular formula is C16H16N4O3. The molecule has 1 unspecified atom stereocenters. The molecule has 1 aromatic heterocycles. The van der Waals surface area contributed by atoms with E-state index in [1.807, 2.05) is 25.1 Å². The number of amides is 1. The van der Waals surface area contributed by atoms with E-state index in [0.717, 1.165) is 16.8 Å². The first kappa shape index (κ1) is 15.0. The highest BCUT2D eigenvalue weighted by molar-refractivity contribution is 5.99. The Hall–Kier alpha value is -2.96. The number of ether oxygens (including phenoxy) is 1. The van der Waals surface area contributed by atoms with Gasteiger partial charge in [0.15, 0.2) is 5.69 Å².